The van der Waals surface area contributed by atoms with E-state index in [1.807, 2.05) is 0 Å². The molecule has 0 saturated carbocycles. The lowest BCUT2D eigenvalue weighted by molar-refractivity contribution is -0.151. The van der Waals surface area contributed by atoms with E-state index in [1.54, 1.807) is 19.1 Å². The average Bonchev–Trinajstić information content (AvgIpc) is 2.84. The number of fused-ring (bicyclic) bond motifs is 1. The maximum Gasteiger partial charge on any atom is 0.336 e. The first kappa shape index (κ1) is 24.6. The number of hydrogen-bond donors (Lipinski definition) is 0. The van der Waals surface area contributed by atoms with Gasteiger partial charge in [-0.2, -0.15) is 0 Å². The summed E-state index contributed by atoms with van der Waals surface area (Å²) in [6, 6.07) is 9.81. The van der Waals surface area contributed by atoms with Gasteiger partial charge in [0.2, 0.25) is 5.91 Å². The molecule has 1 aromatic heterocycles. The lowest BCUT2D eigenvalue weighted by Crippen LogP contribution is -2.45. The number of carbonyl (C=O) groups excluding carboxylic acids is 3. The summed E-state index contributed by atoms with van der Waals surface area (Å²) in [5, 5.41) is 0.641. The van der Waals surface area contributed by atoms with Gasteiger partial charge < -0.3 is 18.8 Å². The highest BCUT2D eigenvalue weighted by Gasteiger charge is 2.33. The van der Waals surface area contributed by atoms with Crippen LogP contribution >= 0.6 is 11.6 Å². The van der Waals surface area contributed by atoms with E-state index in [0.29, 0.717) is 47.7 Å². The van der Waals surface area contributed by atoms with Crippen LogP contribution in [-0.4, -0.2) is 42.8 Å². The Balaban J connectivity index is 1.67. The third-order valence-electron chi connectivity index (χ3n) is 6.10. The summed E-state index contributed by atoms with van der Waals surface area (Å²) in [5.41, 5.74) is 0.733. The van der Waals surface area contributed by atoms with Gasteiger partial charge in [0, 0.05) is 35.7 Å². The molecule has 0 unspecified atom stereocenters. The molecule has 0 N–H and O–H groups in total. The number of rotatable bonds is 6. The first-order valence-corrected chi connectivity index (χ1v) is 11.6. The van der Waals surface area contributed by atoms with Gasteiger partial charge in [0.1, 0.15) is 23.6 Å². The Hall–Kier alpha value is -3.52. The van der Waals surface area contributed by atoms with E-state index in [1.165, 1.54) is 29.2 Å². The zero-order valence-corrected chi connectivity index (χ0v) is 19.7. The molecule has 2 aromatic carbocycles. The van der Waals surface area contributed by atoms with Crippen molar-refractivity contribution in [2.45, 2.75) is 25.7 Å². The van der Waals surface area contributed by atoms with Crippen LogP contribution in [0.1, 0.15) is 31.2 Å². The highest BCUT2D eigenvalue weighted by Crippen LogP contribution is 2.34. The van der Waals surface area contributed by atoms with Crippen molar-refractivity contribution in [3.63, 3.8) is 0 Å². The van der Waals surface area contributed by atoms with Crippen LogP contribution < -0.4 is 5.63 Å². The van der Waals surface area contributed by atoms with E-state index in [-0.39, 0.29) is 29.7 Å². The molecule has 182 valence electrons. The van der Waals surface area contributed by atoms with Gasteiger partial charge in [-0.25, -0.2) is 9.18 Å². The molecule has 1 fully saturated rings. The van der Waals surface area contributed by atoms with E-state index in [0.717, 1.165) is 6.07 Å². The van der Waals surface area contributed by atoms with E-state index >= 15 is 0 Å². The van der Waals surface area contributed by atoms with Crippen LogP contribution in [0.3, 0.4) is 0 Å². The number of piperidine rings is 1. The predicted octanol–water partition coefficient (Wildman–Crippen LogP) is 4.34. The Morgan fingerprint density at radius 3 is 2.74 bits per heavy atom. The van der Waals surface area contributed by atoms with Gasteiger partial charge in [-0.05, 0) is 49.6 Å². The van der Waals surface area contributed by atoms with Crippen molar-refractivity contribution in [2.75, 3.05) is 19.7 Å². The molecule has 1 aliphatic rings. The molecule has 0 aliphatic carbocycles. The number of carbonyl (C=O) groups is 3. The maximum absolute atomic E-state index is 13.5. The number of esters is 1. The van der Waals surface area contributed by atoms with Gasteiger partial charge in [0.05, 0.1) is 17.5 Å². The van der Waals surface area contributed by atoms with Gasteiger partial charge in [-0.3, -0.25) is 9.59 Å². The predicted molar refractivity (Wildman–Crippen MR) is 128 cm³/mol. The van der Waals surface area contributed by atoms with Gasteiger partial charge in [0.25, 0.3) is 0 Å². The van der Waals surface area contributed by atoms with E-state index < -0.39 is 29.2 Å². The van der Waals surface area contributed by atoms with Gasteiger partial charge in [0.15, 0.2) is 0 Å². The number of amides is 1. The lowest BCUT2D eigenvalue weighted by atomic mass is 9.93. The average molecular weight is 500 g/mol. The Morgan fingerprint density at radius 1 is 1.23 bits per heavy atom. The van der Waals surface area contributed by atoms with Crippen LogP contribution in [0.5, 0.6) is 0 Å². The van der Waals surface area contributed by atoms with E-state index in [4.69, 9.17) is 20.8 Å². The number of ether oxygens (including phenoxy) is 1. The molecule has 0 radical (unpaired) electrons. The highest BCUT2D eigenvalue weighted by atomic mass is 35.5. The topological polar surface area (TPSA) is 93.9 Å². The zero-order chi connectivity index (χ0) is 25.1. The quantitative estimate of drug-likeness (QED) is 0.217. The fourth-order valence-corrected chi connectivity index (χ4v) is 4.68. The molecule has 35 heavy (non-hydrogen) atoms. The van der Waals surface area contributed by atoms with Gasteiger partial charge in [-0.15, -0.1) is 0 Å². The van der Waals surface area contributed by atoms with Crippen molar-refractivity contribution in [1.82, 2.24) is 4.90 Å². The second-order valence-electron chi connectivity index (χ2n) is 8.35. The largest absolute Gasteiger partial charge is 0.466 e. The summed E-state index contributed by atoms with van der Waals surface area (Å²) < 4.78 is 23.9. The molecule has 0 bridgehead atoms. The smallest absolute Gasteiger partial charge is 0.336 e. The van der Waals surface area contributed by atoms with Crippen LogP contribution in [0.25, 0.3) is 22.1 Å². The number of aldehydes is 1. The Kier molecular flexibility index (Phi) is 7.31. The van der Waals surface area contributed by atoms with Crippen molar-refractivity contribution in [2.24, 2.45) is 5.92 Å². The summed E-state index contributed by atoms with van der Waals surface area (Å²) in [7, 11) is 0. The molecular weight excluding hydrogens is 477 g/mol. The lowest BCUT2D eigenvalue weighted by Gasteiger charge is -2.33. The standard InChI is InChI=1S/C26H23ClFNO6/c1-2-34-26(33)16-4-3-9-29(13-16)25(32)21(14-30)15-5-7-19-20(12-24(31)35-23(19)10-15)18-8-6-17(28)11-22(18)27/h5-8,10-12,14,16,21H,2-4,9,13H2,1H3/t16-,21-/m0/s1. The molecule has 7 nitrogen and oxygen atoms in total. The minimum absolute atomic E-state index is 0.128. The Labute approximate surface area is 205 Å². The summed E-state index contributed by atoms with van der Waals surface area (Å²) in [5.74, 6) is -2.87. The van der Waals surface area contributed by atoms with Crippen LogP contribution in [0.15, 0.2) is 51.7 Å². The summed E-state index contributed by atoms with van der Waals surface area (Å²) >= 11 is 6.20. The number of nitrogens with zero attached hydrogens (tertiary/aromatic N) is 1. The SMILES string of the molecule is CCOC(=O)[C@H]1CCCN(C(=O)[C@@H](C=O)c2ccc3c(-c4ccc(F)cc4Cl)cc(=O)oc3c2)C1. The van der Waals surface area contributed by atoms with Crippen molar-refractivity contribution in [3.8, 4) is 11.1 Å². The molecular formula is C26H23ClFNO6. The minimum Gasteiger partial charge on any atom is -0.466 e. The van der Waals surface area contributed by atoms with Crippen LogP contribution in [0, 0.1) is 11.7 Å². The monoisotopic (exact) mass is 499 g/mol. The van der Waals surface area contributed by atoms with Crippen molar-refractivity contribution >= 4 is 40.7 Å². The molecule has 1 amide bonds. The zero-order valence-electron chi connectivity index (χ0n) is 19.0. The normalized spacial score (nSPS) is 16.7. The first-order valence-electron chi connectivity index (χ1n) is 11.3. The van der Waals surface area contributed by atoms with Crippen molar-refractivity contribution in [1.29, 1.82) is 0 Å². The fraction of sp³-hybridized carbons (Fsp3) is 0.308. The molecule has 2 atom stereocenters. The second-order valence-corrected chi connectivity index (χ2v) is 8.76. The Morgan fingerprint density at radius 2 is 2.03 bits per heavy atom. The molecule has 9 heteroatoms. The third kappa shape index (κ3) is 5.12. The van der Waals surface area contributed by atoms with Gasteiger partial charge in [-0.1, -0.05) is 23.7 Å². The third-order valence-corrected chi connectivity index (χ3v) is 6.42. The maximum atomic E-state index is 13.5. The summed E-state index contributed by atoms with van der Waals surface area (Å²) in [6.45, 7) is 2.58. The minimum atomic E-state index is -1.14. The molecule has 3 aromatic rings. The van der Waals surface area contributed by atoms with E-state index in [9.17, 15) is 23.6 Å². The second kappa shape index (κ2) is 10.4. The van der Waals surface area contributed by atoms with Crippen LogP contribution in [0.2, 0.25) is 5.02 Å². The number of likely N-dealkylation sites (tertiary alicyclic amines) is 1. The number of hydrogen-bond acceptors (Lipinski definition) is 6. The molecule has 2 heterocycles. The number of benzene rings is 2. The van der Waals surface area contributed by atoms with E-state index in [2.05, 4.69) is 0 Å². The van der Waals surface area contributed by atoms with Crippen molar-refractivity contribution in [3.05, 3.63) is 69.3 Å². The fourth-order valence-electron chi connectivity index (χ4n) is 4.41. The van der Waals surface area contributed by atoms with Crippen molar-refractivity contribution < 1.29 is 27.9 Å². The van der Waals surface area contributed by atoms with Gasteiger partial charge >= 0.3 is 11.6 Å². The highest BCUT2D eigenvalue weighted by molar-refractivity contribution is 6.33. The molecule has 1 aliphatic heterocycles. The van der Waals surface area contributed by atoms with Crippen LogP contribution in [0.4, 0.5) is 4.39 Å². The molecule has 0 spiro atoms. The summed E-state index contributed by atoms with van der Waals surface area (Å²) in [4.78, 5) is 51.1. The molecule has 1 saturated heterocycles. The molecule has 4 rings (SSSR count). The summed E-state index contributed by atoms with van der Waals surface area (Å²) in [6.07, 6.45) is 1.77. The first-order chi connectivity index (χ1) is 16.8. The Bertz CT molecular complexity index is 1350. The van der Waals surface area contributed by atoms with Crippen LogP contribution in [-0.2, 0) is 19.1 Å². The number of halogens is 2.